The van der Waals surface area contributed by atoms with Gasteiger partial charge in [-0.2, -0.15) is 5.10 Å². The lowest BCUT2D eigenvalue weighted by Crippen LogP contribution is -2.26. The first kappa shape index (κ1) is 19.4. The number of sulfone groups is 1. The van der Waals surface area contributed by atoms with Gasteiger partial charge in [-0.1, -0.05) is 0 Å². The lowest BCUT2D eigenvalue weighted by atomic mass is 10.1. The van der Waals surface area contributed by atoms with E-state index >= 15 is 0 Å². The zero-order valence-corrected chi connectivity index (χ0v) is 16.9. The smallest absolute Gasteiger partial charge is 0.253 e. The van der Waals surface area contributed by atoms with Crippen LogP contribution in [0.2, 0.25) is 0 Å². The van der Waals surface area contributed by atoms with Crippen molar-refractivity contribution in [2.24, 2.45) is 0 Å². The molecule has 2 aromatic rings. The van der Waals surface area contributed by atoms with Crippen molar-refractivity contribution in [1.82, 2.24) is 14.7 Å². The predicted molar refractivity (Wildman–Crippen MR) is 103 cm³/mol. The third kappa shape index (κ3) is 4.00. The van der Waals surface area contributed by atoms with Crippen LogP contribution in [0, 0.1) is 13.8 Å². The standard InChI is InChI=1S/C19H25N3O4S/c1-13-18(14(2)22(20-13)16-9-10-27(24,25)12-16)11-21(3)19(23)15-5-7-17(26-4)8-6-15/h5-8,16H,9-12H2,1-4H3. The normalized spacial score (nSPS) is 18.4. The SMILES string of the molecule is COc1ccc(C(=O)N(C)Cc2c(C)nn(C3CCS(=O)(=O)C3)c2C)cc1. The van der Waals surface area contributed by atoms with Crippen molar-refractivity contribution in [3.8, 4) is 5.75 Å². The minimum atomic E-state index is -2.98. The molecule has 0 bridgehead atoms. The number of hydrogen-bond acceptors (Lipinski definition) is 5. The number of carbonyl (C=O) groups is 1. The Morgan fingerprint density at radius 1 is 1.30 bits per heavy atom. The maximum atomic E-state index is 12.7. The van der Waals surface area contributed by atoms with E-state index in [-0.39, 0.29) is 23.5 Å². The summed E-state index contributed by atoms with van der Waals surface area (Å²) in [6.45, 7) is 4.25. The van der Waals surface area contributed by atoms with Crippen molar-refractivity contribution in [3.63, 3.8) is 0 Å². The van der Waals surface area contributed by atoms with E-state index in [1.807, 2.05) is 18.5 Å². The lowest BCUT2D eigenvalue weighted by molar-refractivity contribution is 0.0784. The summed E-state index contributed by atoms with van der Waals surface area (Å²) in [5, 5.41) is 4.56. The molecule has 1 atom stereocenters. The number of aryl methyl sites for hydroxylation is 1. The molecule has 1 aliphatic heterocycles. The molecule has 1 saturated heterocycles. The summed E-state index contributed by atoms with van der Waals surface area (Å²) >= 11 is 0. The largest absolute Gasteiger partial charge is 0.497 e. The van der Waals surface area contributed by atoms with E-state index in [2.05, 4.69) is 5.10 Å². The molecule has 146 valence electrons. The van der Waals surface area contributed by atoms with Crippen LogP contribution in [0.1, 0.15) is 39.8 Å². The second-order valence-electron chi connectivity index (χ2n) is 7.04. The van der Waals surface area contributed by atoms with Gasteiger partial charge in [0.15, 0.2) is 9.84 Å². The molecule has 7 nitrogen and oxygen atoms in total. The van der Waals surface area contributed by atoms with Crippen molar-refractivity contribution in [2.45, 2.75) is 32.9 Å². The van der Waals surface area contributed by atoms with Gasteiger partial charge in [0.25, 0.3) is 5.91 Å². The lowest BCUT2D eigenvalue weighted by Gasteiger charge is -2.18. The molecule has 0 N–H and O–H groups in total. The molecule has 27 heavy (non-hydrogen) atoms. The third-order valence-electron chi connectivity index (χ3n) is 5.11. The Morgan fingerprint density at radius 3 is 2.52 bits per heavy atom. The minimum absolute atomic E-state index is 0.0901. The van der Waals surface area contributed by atoms with Crippen LogP contribution >= 0.6 is 0 Å². The van der Waals surface area contributed by atoms with Gasteiger partial charge in [0.1, 0.15) is 5.75 Å². The Kier molecular flexibility index (Phi) is 5.28. The van der Waals surface area contributed by atoms with Gasteiger partial charge in [0.05, 0.1) is 30.4 Å². The van der Waals surface area contributed by atoms with Crippen LogP contribution in [0.15, 0.2) is 24.3 Å². The van der Waals surface area contributed by atoms with Crippen LogP contribution in [0.5, 0.6) is 5.75 Å². The van der Waals surface area contributed by atoms with Crippen LogP contribution in [-0.4, -0.2) is 54.7 Å². The summed E-state index contributed by atoms with van der Waals surface area (Å²) in [4.78, 5) is 14.3. The number of rotatable bonds is 5. The van der Waals surface area contributed by atoms with Crippen LogP contribution in [-0.2, 0) is 16.4 Å². The molecule has 8 heteroatoms. The van der Waals surface area contributed by atoms with Crippen molar-refractivity contribution < 1.29 is 17.9 Å². The molecule has 2 heterocycles. The second-order valence-corrected chi connectivity index (χ2v) is 9.27. The predicted octanol–water partition coefficient (Wildman–Crippen LogP) is 2.14. The molecule has 1 unspecified atom stereocenters. The van der Waals surface area contributed by atoms with Gasteiger partial charge in [-0.15, -0.1) is 0 Å². The molecule has 1 aromatic heterocycles. The molecule has 0 saturated carbocycles. The van der Waals surface area contributed by atoms with E-state index in [4.69, 9.17) is 4.74 Å². The number of nitrogens with zero attached hydrogens (tertiary/aromatic N) is 3. The van der Waals surface area contributed by atoms with E-state index in [1.165, 1.54) is 0 Å². The minimum Gasteiger partial charge on any atom is -0.497 e. The van der Waals surface area contributed by atoms with Gasteiger partial charge in [0.2, 0.25) is 0 Å². The van der Waals surface area contributed by atoms with Crippen LogP contribution < -0.4 is 4.74 Å². The van der Waals surface area contributed by atoms with Gasteiger partial charge in [-0.05, 0) is 44.5 Å². The molecular weight excluding hydrogens is 366 g/mol. The van der Waals surface area contributed by atoms with Crippen LogP contribution in [0.25, 0.3) is 0 Å². The average Bonchev–Trinajstić information content (AvgIpc) is 3.14. The zero-order valence-electron chi connectivity index (χ0n) is 16.1. The summed E-state index contributed by atoms with van der Waals surface area (Å²) in [5.74, 6) is 0.956. The molecule has 1 fully saturated rings. The summed E-state index contributed by atoms with van der Waals surface area (Å²) in [5.41, 5.74) is 3.29. The van der Waals surface area contributed by atoms with Gasteiger partial charge in [-0.25, -0.2) is 8.42 Å². The fraction of sp³-hybridized carbons (Fsp3) is 0.474. The topological polar surface area (TPSA) is 81.5 Å². The number of methoxy groups -OCH3 is 1. The highest BCUT2D eigenvalue weighted by molar-refractivity contribution is 7.91. The van der Waals surface area contributed by atoms with E-state index in [9.17, 15) is 13.2 Å². The van der Waals surface area contributed by atoms with E-state index in [1.54, 1.807) is 43.3 Å². The van der Waals surface area contributed by atoms with Crippen molar-refractivity contribution in [3.05, 3.63) is 46.8 Å². The van der Waals surface area contributed by atoms with Gasteiger partial charge in [0, 0.05) is 30.4 Å². The first-order chi connectivity index (χ1) is 12.7. The summed E-state index contributed by atoms with van der Waals surface area (Å²) < 4.78 is 30.5. The second kappa shape index (κ2) is 7.34. The first-order valence-electron chi connectivity index (χ1n) is 8.86. The summed E-state index contributed by atoms with van der Waals surface area (Å²) in [6.07, 6.45) is 0.588. The Hall–Kier alpha value is -2.35. The van der Waals surface area contributed by atoms with Crippen LogP contribution in [0.3, 0.4) is 0 Å². The maximum Gasteiger partial charge on any atom is 0.253 e. The molecular formula is C19H25N3O4S. The Morgan fingerprint density at radius 2 is 1.96 bits per heavy atom. The number of benzene rings is 1. The quantitative estimate of drug-likeness (QED) is 0.780. The highest BCUT2D eigenvalue weighted by atomic mass is 32.2. The highest BCUT2D eigenvalue weighted by Crippen LogP contribution is 2.27. The van der Waals surface area contributed by atoms with E-state index in [0.29, 0.717) is 24.3 Å². The Balaban J connectivity index is 1.77. The molecule has 0 radical (unpaired) electrons. The van der Waals surface area contributed by atoms with E-state index < -0.39 is 9.84 Å². The first-order valence-corrected chi connectivity index (χ1v) is 10.7. The molecule has 1 aromatic carbocycles. The number of aromatic nitrogens is 2. The number of amides is 1. The average molecular weight is 391 g/mol. The highest BCUT2D eigenvalue weighted by Gasteiger charge is 2.31. The van der Waals surface area contributed by atoms with E-state index in [0.717, 1.165) is 17.0 Å². The fourth-order valence-corrected chi connectivity index (χ4v) is 5.20. The number of ether oxygens (including phenoxy) is 1. The van der Waals surface area contributed by atoms with Crippen molar-refractivity contribution in [1.29, 1.82) is 0 Å². The zero-order chi connectivity index (χ0) is 19.8. The van der Waals surface area contributed by atoms with Crippen molar-refractivity contribution in [2.75, 3.05) is 25.7 Å². The van der Waals surface area contributed by atoms with Crippen LogP contribution in [0.4, 0.5) is 0 Å². The molecule has 1 amide bonds. The Bertz CT molecular complexity index is 948. The fourth-order valence-electron chi connectivity index (χ4n) is 3.51. The molecule has 0 spiro atoms. The molecule has 3 rings (SSSR count). The van der Waals surface area contributed by atoms with Gasteiger partial charge >= 0.3 is 0 Å². The Labute approximate surface area is 159 Å². The number of carbonyl (C=O) groups excluding carboxylic acids is 1. The summed E-state index contributed by atoms with van der Waals surface area (Å²) in [7, 11) is 0.360. The number of hydrogen-bond donors (Lipinski definition) is 0. The van der Waals surface area contributed by atoms with Gasteiger partial charge in [-0.3, -0.25) is 9.48 Å². The summed E-state index contributed by atoms with van der Waals surface area (Å²) in [6, 6.07) is 6.88. The van der Waals surface area contributed by atoms with Gasteiger partial charge < -0.3 is 9.64 Å². The van der Waals surface area contributed by atoms with Crippen molar-refractivity contribution >= 4 is 15.7 Å². The molecule has 0 aliphatic carbocycles. The maximum absolute atomic E-state index is 12.7. The monoisotopic (exact) mass is 391 g/mol. The third-order valence-corrected chi connectivity index (χ3v) is 6.86. The molecule has 1 aliphatic rings.